The number of nitro benzene ring substituents is 1. The van der Waals surface area contributed by atoms with Crippen LogP contribution in [-0.2, 0) is 0 Å². The molecule has 0 radical (unpaired) electrons. The molecule has 1 amide bonds. The first-order chi connectivity index (χ1) is 8.43. The molecule has 0 unspecified atom stereocenters. The fourth-order valence-corrected chi connectivity index (χ4v) is 1.62. The van der Waals surface area contributed by atoms with E-state index in [0.717, 1.165) is 0 Å². The minimum absolute atomic E-state index is 0.0220. The van der Waals surface area contributed by atoms with E-state index >= 15 is 0 Å². The van der Waals surface area contributed by atoms with Gasteiger partial charge in [0.15, 0.2) is 0 Å². The number of hydrogen-bond acceptors (Lipinski definition) is 4. The summed E-state index contributed by atoms with van der Waals surface area (Å²) in [5.41, 5.74) is -0.382. The standard InChI is InChI=1S/C11H14ClN3O3/c1-14(2)7-6-13-11(16)8-4-3-5-9(12)10(8)15(17)18/h3-5H,6-7H2,1-2H3,(H,13,16). The molecule has 0 saturated carbocycles. The Morgan fingerprint density at radius 3 is 2.72 bits per heavy atom. The van der Waals surface area contributed by atoms with Crippen molar-refractivity contribution >= 4 is 23.2 Å². The number of benzene rings is 1. The highest BCUT2D eigenvalue weighted by molar-refractivity contribution is 6.33. The normalized spacial score (nSPS) is 10.4. The molecule has 18 heavy (non-hydrogen) atoms. The van der Waals surface area contributed by atoms with Gasteiger partial charge < -0.3 is 10.2 Å². The number of likely N-dealkylation sites (N-methyl/N-ethyl adjacent to an activating group) is 1. The number of carbonyl (C=O) groups excluding carboxylic acids is 1. The molecule has 1 aromatic rings. The van der Waals surface area contributed by atoms with Crippen LogP contribution in [0.25, 0.3) is 0 Å². The van der Waals surface area contributed by atoms with E-state index in [1.54, 1.807) is 0 Å². The van der Waals surface area contributed by atoms with Crippen molar-refractivity contribution in [3.63, 3.8) is 0 Å². The van der Waals surface area contributed by atoms with Gasteiger partial charge >= 0.3 is 5.69 Å². The number of rotatable bonds is 5. The van der Waals surface area contributed by atoms with Gasteiger partial charge in [0.1, 0.15) is 10.6 Å². The zero-order valence-electron chi connectivity index (χ0n) is 10.1. The summed E-state index contributed by atoms with van der Waals surface area (Å²) in [6.07, 6.45) is 0. The Kier molecular flexibility index (Phi) is 5.06. The highest BCUT2D eigenvalue weighted by atomic mass is 35.5. The van der Waals surface area contributed by atoms with Crippen LogP contribution in [0.3, 0.4) is 0 Å². The molecular weight excluding hydrogens is 258 g/mol. The Balaban J connectivity index is 2.86. The van der Waals surface area contributed by atoms with Gasteiger partial charge in [-0.2, -0.15) is 0 Å². The number of nitrogens with one attached hydrogen (secondary N) is 1. The number of hydrogen-bond donors (Lipinski definition) is 1. The van der Waals surface area contributed by atoms with Crippen LogP contribution in [0.4, 0.5) is 5.69 Å². The van der Waals surface area contributed by atoms with Gasteiger partial charge in [-0.05, 0) is 26.2 Å². The molecule has 1 rings (SSSR count). The average molecular weight is 272 g/mol. The molecule has 6 nitrogen and oxygen atoms in total. The second-order valence-corrected chi connectivity index (χ2v) is 4.36. The lowest BCUT2D eigenvalue weighted by Gasteiger charge is -2.10. The van der Waals surface area contributed by atoms with Crippen molar-refractivity contribution in [2.45, 2.75) is 0 Å². The summed E-state index contributed by atoms with van der Waals surface area (Å²) in [6, 6.07) is 4.28. The molecule has 0 saturated heterocycles. The van der Waals surface area contributed by atoms with Crippen LogP contribution in [0, 0.1) is 10.1 Å². The first-order valence-electron chi connectivity index (χ1n) is 5.29. The number of halogens is 1. The molecule has 98 valence electrons. The lowest BCUT2D eigenvalue weighted by atomic mass is 10.1. The summed E-state index contributed by atoms with van der Waals surface area (Å²) >= 11 is 5.72. The highest BCUT2D eigenvalue weighted by Gasteiger charge is 2.23. The van der Waals surface area contributed by atoms with E-state index in [9.17, 15) is 14.9 Å². The molecule has 0 heterocycles. The zero-order chi connectivity index (χ0) is 13.7. The van der Waals surface area contributed by atoms with Gasteiger partial charge in [0.25, 0.3) is 5.91 Å². The maximum atomic E-state index is 11.8. The van der Waals surface area contributed by atoms with Crippen molar-refractivity contribution in [1.82, 2.24) is 10.2 Å². The van der Waals surface area contributed by atoms with Crippen molar-refractivity contribution in [3.8, 4) is 0 Å². The number of nitro groups is 1. The Labute approximate surface area is 110 Å². The molecule has 0 aliphatic rings. The van der Waals surface area contributed by atoms with Crippen LogP contribution >= 0.6 is 11.6 Å². The molecule has 1 N–H and O–H groups in total. The summed E-state index contributed by atoms with van der Waals surface area (Å²) in [5.74, 6) is -0.494. The second-order valence-electron chi connectivity index (χ2n) is 3.95. The third-order valence-electron chi connectivity index (χ3n) is 2.26. The van der Waals surface area contributed by atoms with Crippen LogP contribution in [0.15, 0.2) is 18.2 Å². The van der Waals surface area contributed by atoms with Gasteiger partial charge in [0.2, 0.25) is 0 Å². The van der Waals surface area contributed by atoms with E-state index in [1.807, 2.05) is 19.0 Å². The van der Waals surface area contributed by atoms with Crippen LogP contribution in [0.1, 0.15) is 10.4 Å². The summed E-state index contributed by atoms with van der Waals surface area (Å²) in [7, 11) is 3.74. The third kappa shape index (κ3) is 3.68. The quantitative estimate of drug-likeness (QED) is 0.651. The van der Waals surface area contributed by atoms with Crippen molar-refractivity contribution in [2.75, 3.05) is 27.2 Å². The van der Waals surface area contributed by atoms with E-state index in [0.29, 0.717) is 13.1 Å². The lowest BCUT2D eigenvalue weighted by Crippen LogP contribution is -2.31. The van der Waals surface area contributed by atoms with Gasteiger partial charge in [-0.15, -0.1) is 0 Å². The Bertz CT molecular complexity index is 463. The number of amides is 1. The van der Waals surface area contributed by atoms with E-state index in [2.05, 4.69) is 5.32 Å². The van der Waals surface area contributed by atoms with Crippen LogP contribution < -0.4 is 5.32 Å². The van der Waals surface area contributed by atoms with Gasteiger partial charge in [-0.1, -0.05) is 17.7 Å². The molecule has 0 bridgehead atoms. The molecular formula is C11H14ClN3O3. The molecule has 0 atom stereocenters. The average Bonchev–Trinajstić information content (AvgIpc) is 2.27. The highest BCUT2D eigenvalue weighted by Crippen LogP contribution is 2.27. The van der Waals surface area contributed by atoms with E-state index < -0.39 is 10.8 Å². The summed E-state index contributed by atoms with van der Waals surface area (Å²) in [5, 5.41) is 13.4. The van der Waals surface area contributed by atoms with Gasteiger partial charge in [0, 0.05) is 13.1 Å². The fourth-order valence-electron chi connectivity index (χ4n) is 1.37. The van der Waals surface area contributed by atoms with Crippen molar-refractivity contribution in [3.05, 3.63) is 38.9 Å². The minimum atomic E-state index is -0.650. The van der Waals surface area contributed by atoms with Crippen LogP contribution in [0.5, 0.6) is 0 Å². The topological polar surface area (TPSA) is 75.5 Å². The monoisotopic (exact) mass is 271 g/mol. The first kappa shape index (κ1) is 14.4. The smallest absolute Gasteiger partial charge is 0.300 e. The molecule has 7 heteroatoms. The number of para-hydroxylation sites is 1. The van der Waals surface area contributed by atoms with Crippen LogP contribution in [0.2, 0.25) is 5.02 Å². The SMILES string of the molecule is CN(C)CCNC(=O)c1cccc(Cl)c1[N+](=O)[O-]. The summed E-state index contributed by atoms with van der Waals surface area (Å²) < 4.78 is 0. The lowest BCUT2D eigenvalue weighted by molar-refractivity contribution is -0.385. The third-order valence-corrected chi connectivity index (χ3v) is 2.56. The maximum absolute atomic E-state index is 11.8. The number of carbonyl (C=O) groups is 1. The molecule has 0 spiro atoms. The second kappa shape index (κ2) is 6.32. The Morgan fingerprint density at radius 2 is 2.17 bits per heavy atom. The van der Waals surface area contributed by atoms with Crippen molar-refractivity contribution < 1.29 is 9.72 Å². The maximum Gasteiger partial charge on any atom is 0.300 e. The van der Waals surface area contributed by atoms with E-state index in [-0.39, 0.29) is 16.3 Å². The summed E-state index contributed by atoms with van der Waals surface area (Å²) in [6.45, 7) is 1.07. The van der Waals surface area contributed by atoms with E-state index in [4.69, 9.17) is 11.6 Å². The number of nitrogens with zero attached hydrogens (tertiary/aromatic N) is 2. The molecule has 0 aromatic heterocycles. The molecule has 1 aromatic carbocycles. The Morgan fingerprint density at radius 1 is 1.50 bits per heavy atom. The predicted octanol–water partition coefficient (Wildman–Crippen LogP) is 1.54. The molecule has 0 aliphatic carbocycles. The predicted molar refractivity (Wildman–Crippen MR) is 69.0 cm³/mol. The van der Waals surface area contributed by atoms with Gasteiger partial charge in [0.05, 0.1) is 4.92 Å². The fraction of sp³-hybridized carbons (Fsp3) is 0.364. The first-order valence-corrected chi connectivity index (χ1v) is 5.67. The summed E-state index contributed by atoms with van der Waals surface area (Å²) in [4.78, 5) is 23.9. The minimum Gasteiger partial charge on any atom is -0.351 e. The molecule has 0 fully saturated rings. The van der Waals surface area contributed by atoms with E-state index in [1.165, 1.54) is 18.2 Å². The van der Waals surface area contributed by atoms with Crippen LogP contribution in [-0.4, -0.2) is 42.9 Å². The zero-order valence-corrected chi connectivity index (χ0v) is 10.9. The largest absolute Gasteiger partial charge is 0.351 e. The Hall–Kier alpha value is -1.66. The van der Waals surface area contributed by atoms with Crippen molar-refractivity contribution in [1.29, 1.82) is 0 Å². The van der Waals surface area contributed by atoms with Crippen molar-refractivity contribution in [2.24, 2.45) is 0 Å². The van der Waals surface area contributed by atoms with Gasteiger partial charge in [-0.25, -0.2) is 0 Å². The van der Waals surface area contributed by atoms with Gasteiger partial charge in [-0.3, -0.25) is 14.9 Å². The molecule has 0 aliphatic heterocycles.